The highest BCUT2D eigenvalue weighted by Gasteiger charge is 2.24. The van der Waals surface area contributed by atoms with Crippen molar-refractivity contribution in [2.45, 2.75) is 20.3 Å². The fraction of sp³-hybridized carbons (Fsp3) is 0.308. The molecule has 1 aliphatic rings. The number of hydrogen-bond acceptors (Lipinski definition) is 4. The van der Waals surface area contributed by atoms with Crippen LogP contribution in [0.1, 0.15) is 27.3 Å². The predicted molar refractivity (Wildman–Crippen MR) is 123 cm³/mol. The molecule has 2 aromatic heterocycles. The quantitative estimate of drug-likeness (QED) is 0.477. The van der Waals surface area contributed by atoms with Gasteiger partial charge in [0.1, 0.15) is 5.58 Å². The van der Waals surface area contributed by atoms with Crippen LogP contribution in [0.5, 0.6) is 0 Å². The van der Waals surface area contributed by atoms with E-state index in [9.17, 15) is 4.79 Å². The number of aryl methyl sites for hydroxylation is 2. The zero-order valence-electron chi connectivity index (χ0n) is 18.5. The summed E-state index contributed by atoms with van der Waals surface area (Å²) in [6, 6.07) is 17.9. The second kappa shape index (κ2) is 8.63. The van der Waals surface area contributed by atoms with Gasteiger partial charge in [0.05, 0.1) is 30.9 Å². The highest BCUT2D eigenvalue weighted by molar-refractivity contribution is 5.94. The molecule has 0 aliphatic carbocycles. The van der Waals surface area contributed by atoms with Gasteiger partial charge in [-0.05, 0) is 62.2 Å². The molecule has 1 aliphatic heterocycles. The van der Waals surface area contributed by atoms with Crippen LogP contribution in [-0.4, -0.2) is 46.9 Å². The average molecular weight is 430 g/mol. The molecular weight excluding hydrogens is 402 g/mol. The molecule has 3 heterocycles. The number of nitrogens with zero attached hydrogens (tertiary/aromatic N) is 3. The van der Waals surface area contributed by atoms with Gasteiger partial charge >= 0.3 is 0 Å². The van der Waals surface area contributed by atoms with E-state index < -0.39 is 0 Å². The van der Waals surface area contributed by atoms with Crippen molar-refractivity contribution in [3.8, 4) is 5.69 Å². The number of fused-ring (bicyclic) bond motifs is 1. The normalized spacial score (nSPS) is 16.9. The van der Waals surface area contributed by atoms with Gasteiger partial charge in [0, 0.05) is 35.7 Å². The second-order valence-electron chi connectivity index (χ2n) is 8.54. The number of benzene rings is 2. The summed E-state index contributed by atoms with van der Waals surface area (Å²) in [6.07, 6.45) is 2.57. The average Bonchev–Trinajstić information content (AvgIpc) is 3.34. The highest BCUT2D eigenvalue weighted by Crippen LogP contribution is 2.24. The van der Waals surface area contributed by atoms with Crippen molar-refractivity contribution in [3.05, 3.63) is 83.4 Å². The first-order valence-electron chi connectivity index (χ1n) is 11.0. The van der Waals surface area contributed by atoms with Gasteiger partial charge in [0.15, 0.2) is 0 Å². The Balaban J connectivity index is 1.36. The molecule has 6 nitrogen and oxygen atoms in total. The third kappa shape index (κ3) is 4.06. The maximum Gasteiger partial charge on any atom is 0.254 e. The van der Waals surface area contributed by atoms with Crippen LogP contribution in [0.25, 0.3) is 16.7 Å². The Morgan fingerprint density at radius 3 is 2.84 bits per heavy atom. The third-order valence-electron chi connectivity index (χ3n) is 6.07. The Morgan fingerprint density at radius 2 is 2.00 bits per heavy atom. The van der Waals surface area contributed by atoms with Crippen molar-refractivity contribution in [3.63, 3.8) is 0 Å². The van der Waals surface area contributed by atoms with Crippen molar-refractivity contribution in [1.82, 2.24) is 14.7 Å². The summed E-state index contributed by atoms with van der Waals surface area (Å²) in [7, 11) is 0. The second-order valence-corrected chi connectivity index (χ2v) is 8.54. The third-order valence-corrected chi connectivity index (χ3v) is 6.07. The van der Waals surface area contributed by atoms with E-state index >= 15 is 0 Å². The van der Waals surface area contributed by atoms with Crippen LogP contribution in [0, 0.1) is 19.8 Å². The Hall–Kier alpha value is -3.38. The van der Waals surface area contributed by atoms with Crippen molar-refractivity contribution >= 4 is 16.9 Å². The molecule has 1 atom stereocenters. The first-order valence-corrected chi connectivity index (χ1v) is 11.0. The first-order chi connectivity index (χ1) is 15.6. The molecule has 1 fully saturated rings. The molecule has 164 valence electrons. The lowest BCUT2D eigenvalue weighted by Gasteiger charge is -2.24. The van der Waals surface area contributed by atoms with Crippen LogP contribution in [0.4, 0.5) is 0 Å². The fourth-order valence-corrected chi connectivity index (χ4v) is 4.58. The molecule has 0 bridgehead atoms. The van der Waals surface area contributed by atoms with Crippen molar-refractivity contribution < 1.29 is 13.9 Å². The summed E-state index contributed by atoms with van der Waals surface area (Å²) in [5.41, 5.74) is 5.70. The van der Waals surface area contributed by atoms with Crippen molar-refractivity contribution in [1.29, 1.82) is 0 Å². The van der Waals surface area contributed by atoms with Crippen LogP contribution >= 0.6 is 0 Å². The number of aromatic nitrogens is 2. The minimum atomic E-state index is 0.0328. The molecule has 4 aromatic rings. The standard InChI is InChI=1S/C26H27N3O3/c1-18-13-19(2)29(27-18)23-7-3-6-22(15-23)26(30)28-10-12-31-17-20(16-28)14-21-5-4-8-25-24(21)9-11-32-25/h3-9,11,13,15,20H,10,12,14,16-17H2,1-2H3/t20-/m0/s1. The molecule has 1 saturated heterocycles. The molecule has 0 spiro atoms. The van der Waals surface area contributed by atoms with Gasteiger partial charge in [-0.3, -0.25) is 4.79 Å². The molecular formula is C26H27N3O3. The zero-order chi connectivity index (χ0) is 22.1. The van der Waals surface area contributed by atoms with Crippen LogP contribution in [-0.2, 0) is 11.2 Å². The Kier molecular flexibility index (Phi) is 5.53. The largest absolute Gasteiger partial charge is 0.464 e. The van der Waals surface area contributed by atoms with Gasteiger partial charge in [-0.2, -0.15) is 5.10 Å². The van der Waals surface area contributed by atoms with Crippen LogP contribution < -0.4 is 0 Å². The highest BCUT2D eigenvalue weighted by atomic mass is 16.5. The number of ether oxygens (including phenoxy) is 1. The maximum absolute atomic E-state index is 13.4. The summed E-state index contributed by atoms with van der Waals surface area (Å²) in [5.74, 6) is 0.256. The molecule has 0 radical (unpaired) electrons. The van der Waals surface area contributed by atoms with E-state index in [0.29, 0.717) is 31.9 Å². The molecule has 1 amide bonds. The van der Waals surface area contributed by atoms with Crippen molar-refractivity contribution in [2.24, 2.45) is 5.92 Å². The van der Waals surface area contributed by atoms with Gasteiger partial charge in [0.25, 0.3) is 5.91 Å². The molecule has 5 rings (SSSR count). The Morgan fingerprint density at radius 1 is 1.12 bits per heavy atom. The smallest absolute Gasteiger partial charge is 0.254 e. The molecule has 0 saturated carbocycles. The van der Waals surface area contributed by atoms with Gasteiger partial charge in [-0.15, -0.1) is 0 Å². The fourth-order valence-electron chi connectivity index (χ4n) is 4.58. The van der Waals surface area contributed by atoms with E-state index in [1.54, 1.807) is 6.26 Å². The minimum absolute atomic E-state index is 0.0328. The van der Waals surface area contributed by atoms with Crippen LogP contribution in [0.3, 0.4) is 0 Å². The SMILES string of the molecule is Cc1cc(C)n(-c2cccc(C(=O)N3CCOC[C@@H](Cc4cccc5occc45)C3)c2)n1. The monoisotopic (exact) mass is 429 g/mol. The van der Waals surface area contributed by atoms with E-state index in [1.165, 1.54) is 5.56 Å². The van der Waals surface area contributed by atoms with Gasteiger partial charge < -0.3 is 14.1 Å². The van der Waals surface area contributed by atoms with Crippen molar-refractivity contribution in [2.75, 3.05) is 26.3 Å². The number of hydrogen-bond donors (Lipinski definition) is 0. The van der Waals surface area contributed by atoms with Crippen LogP contribution in [0.2, 0.25) is 0 Å². The molecule has 32 heavy (non-hydrogen) atoms. The van der Waals surface area contributed by atoms with Gasteiger partial charge in [-0.1, -0.05) is 18.2 Å². The van der Waals surface area contributed by atoms with Crippen LogP contribution in [0.15, 0.2) is 65.3 Å². The Labute approximate surface area is 187 Å². The topological polar surface area (TPSA) is 60.5 Å². The summed E-state index contributed by atoms with van der Waals surface area (Å²) >= 11 is 0. The van der Waals surface area contributed by atoms with E-state index in [1.807, 2.05) is 72.0 Å². The number of carbonyl (C=O) groups is 1. The van der Waals surface area contributed by atoms with Gasteiger partial charge in [-0.25, -0.2) is 4.68 Å². The van der Waals surface area contributed by atoms with Gasteiger partial charge in [0.2, 0.25) is 0 Å². The zero-order valence-corrected chi connectivity index (χ0v) is 18.5. The molecule has 0 unspecified atom stereocenters. The minimum Gasteiger partial charge on any atom is -0.464 e. The van der Waals surface area contributed by atoms with E-state index in [2.05, 4.69) is 11.2 Å². The number of furan rings is 1. The number of rotatable bonds is 4. The number of carbonyl (C=O) groups excluding carboxylic acids is 1. The van der Waals surface area contributed by atoms with E-state index in [-0.39, 0.29) is 11.8 Å². The Bertz CT molecular complexity index is 1260. The lowest BCUT2D eigenvalue weighted by Crippen LogP contribution is -2.36. The predicted octanol–water partition coefficient (Wildman–Crippen LogP) is 4.57. The summed E-state index contributed by atoms with van der Waals surface area (Å²) in [4.78, 5) is 15.3. The summed E-state index contributed by atoms with van der Waals surface area (Å²) < 4.78 is 13.3. The first kappa shape index (κ1) is 20.5. The molecule has 2 aromatic carbocycles. The van der Waals surface area contributed by atoms with E-state index in [0.717, 1.165) is 34.5 Å². The van der Waals surface area contributed by atoms with E-state index in [4.69, 9.17) is 9.15 Å². The lowest BCUT2D eigenvalue weighted by molar-refractivity contribution is 0.0737. The number of amides is 1. The molecule has 6 heteroatoms. The summed E-state index contributed by atoms with van der Waals surface area (Å²) in [5, 5.41) is 5.68. The maximum atomic E-state index is 13.4. The molecule has 0 N–H and O–H groups in total. The summed E-state index contributed by atoms with van der Waals surface area (Å²) in [6.45, 7) is 6.44. The lowest BCUT2D eigenvalue weighted by atomic mass is 9.97.